The molecule has 0 bridgehead atoms. The smallest absolute Gasteiger partial charge is 0.317 e. The molecular weight excluding hydrogens is 244 g/mol. The molecule has 0 aliphatic carbocycles. The highest BCUT2D eigenvalue weighted by Crippen LogP contribution is 2.05. The molecule has 0 unspecified atom stereocenters. The van der Waals surface area contributed by atoms with Gasteiger partial charge in [-0.1, -0.05) is 24.1 Å². The average Bonchev–Trinajstić information content (AvgIpc) is 2.37. The van der Waals surface area contributed by atoms with E-state index in [2.05, 4.69) is 11.2 Å². The first-order chi connectivity index (χ1) is 9.11. The first-order valence-electron chi connectivity index (χ1n) is 5.84. The van der Waals surface area contributed by atoms with Crippen molar-refractivity contribution in [3.63, 3.8) is 0 Å². The van der Waals surface area contributed by atoms with Crippen LogP contribution in [0.3, 0.4) is 0 Å². The Hall–Kier alpha value is -2.32. The van der Waals surface area contributed by atoms with Crippen LogP contribution in [0.25, 0.3) is 0 Å². The number of rotatable bonds is 7. The number of amides is 1. The van der Waals surface area contributed by atoms with Gasteiger partial charge in [-0.3, -0.25) is 14.5 Å². The Balaban J connectivity index is 2.39. The molecule has 0 spiro atoms. The molecule has 0 aliphatic rings. The molecule has 0 radical (unpaired) electrons. The summed E-state index contributed by atoms with van der Waals surface area (Å²) in [5.74, 6) is 1.25. The van der Waals surface area contributed by atoms with E-state index in [4.69, 9.17) is 11.5 Å². The lowest BCUT2D eigenvalue weighted by atomic mass is 10.3. The number of para-hydroxylation sites is 1. The van der Waals surface area contributed by atoms with E-state index in [1.54, 1.807) is 12.1 Å². The van der Waals surface area contributed by atoms with E-state index < -0.39 is 5.97 Å². The number of hydrogen-bond acceptors (Lipinski definition) is 3. The Morgan fingerprint density at radius 3 is 2.58 bits per heavy atom. The number of benzene rings is 1. The Morgan fingerprint density at radius 2 is 2.00 bits per heavy atom. The van der Waals surface area contributed by atoms with Gasteiger partial charge >= 0.3 is 5.97 Å². The summed E-state index contributed by atoms with van der Waals surface area (Å²) in [5.41, 5.74) is 0.717. The average molecular weight is 260 g/mol. The van der Waals surface area contributed by atoms with Crippen LogP contribution in [0.5, 0.6) is 0 Å². The van der Waals surface area contributed by atoms with Gasteiger partial charge in [0.05, 0.1) is 13.1 Å². The van der Waals surface area contributed by atoms with Crippen LogP contribution in [-0.2, 0) is 9.59 Å². The van der Waals surface area contributed by atoms with Crippen molar-refractivity contribution in [2.45, 2.75) is 6.42 Å². The molecule has 0 saturated carbocycles. The van der Waals surface area contributed by atoms with Crippen molar-refractivity contribution in [2.24, 2.45) is 0 Å². The third kappa shape index (κ3) is 6.24. The van der Waals surface area contributed by atoms with Gasteiger partial charge in [-0.2, -0.15) is 0 Å². The zero-order valence-corrected chi connectivity index (χ0v) is 10.5. The van der Waals surface area contributed by atoms with E-state index in [9.17, 15) is 9.59 Å². The number of terminal acetylenes is 1. The first kappa shape index (κ1) is 14.7. The summed E-state index contributed by atoms with van der Waals surface area (Å²) in [7, 11) is 0. The maximum Gasteiger partial charge on any atom is 0.317 e. The lowest BCUT2D eigenvalue weighted by molar-refractivity contribution is -0.138. The number of aliphatic carboxylic acids is 1. The Bertz CT molecular complexity index is 465. The van der Waals surface area contributed by atoms with E-state index >= 15 is 0 Å². The first-order valence-corrected chi connectivity index (χ1v) is 5.84. The van der Waals surface area contributed by atoms with Gasteiger partial charge in [0.1, 0.15) is 0 Å². The SMILES string of the molecule is C#CCN(CCC(=O)Nc1ccccc1)CC(=O)O. The van der Waals surface area contributed by atoms with E-state index in [1.165, 1.54) is 4.90 Å². The topological polar surface area (TPSA) is 69.6 Å². The maximum atomic E-state index is 11.7. The third-order valence-electron chi connectivity index (χ3n) is 2.39. The molecule has 0 fully saturated rings. The van der Waals surface area contributed by atoms with Crippen LogP contribution in [0.1, 0.15) is 6.42 Å². The summed E-state index contributed by atoms with van der Waals surface area (Å²) in [6, 6.07) is 9.08. The molecule has 5 nitrogen and oxygen atoms in total. The van der Waals surface area contributed by atoms with Gasteiger partial charge in [-0.15, -0.1) is 6.42 Å². The van der Waals surface area contributed by atoms with Crippen molar-refractivity contribution < 1.29 is 14.7 Å². The van der Waals surface area contributed by atoms with Gasteiger partial charge in [0.15, 0.2) is 0 Å². The lowest BCUT2D eigenvalue weighted by Crippen LogP contribution is -2.33. The van der Waals surface area contributed by atoms with Crippen molar-refractivity contribution in [1.29, 1.82) is 0 Å². The minimum atomic E-state index is -0.960. The van der Waals surface area contributed by atoms with E-state index in [1.807, 2.05) is 18.2 Å². The number of carboxylic acid groups (broad SMARTS) is 1. The normalized spacial score (nSPS) is 9.89. The summed E-state index contributed by atoms with van der Waals surface area (Å²) in [4.78, 5) is 23.8. The summed E-state index contributed by atoms with van der Waals surface area (Å²) >= 11 is 0. The molecule has 5 heteroatoms. The molecule has 0 aromatic heterocycles. The van der Waals surface area contributed by atoms with Gasteiger partial charge < -0.3 is 10.4 Å². The highest BCUT2D eigenvalue weighted by atomic mass is 16.4. The molecule has 100 valence electrons. The molecule has 1 rings (SSSR count). The highest BCUT2D eigenvalue weighted by molar-refractivity contribution is 5.90. The number of carbonyl (C=O) groups excluding carboxylic acids is 1. The zero-order valence-electron chi connectivity index (χ0n) is 10.5. The molecular formula is C14H16N2O3. The molecule has 0 aliphatic heterocycles. The minimum absolute atomic E-state index is 0.164. The summed E-state index contributed by atoms with van der Waals surface area (Å²) in [5, 5.41) is 11.4. The molecule has 2 N–H and O–H groups in total. The van der Waals surface area contributed by atoms with Crippen LogP contribution < -0.4 is 5.32 Å². The van der Waals surface area contributed by atoms with Crippen LogP contribution in [0, 0.1) is 12.3 Å². The minimum Gasteiger partial charge on any atom is -0.480 e. The van der Waals surface area contributed by atoms with E-state index in [0.29, 0.717) is 12.2 Å². The highest BCUT2D eigenvalue weighted by Gasteiger charge is 2.10. The van der Waals surface area contributed by atoms with Crippen molar-refractivity contribution in [1.82, 2.24) is 4.90 Å². The fourth-order valence-corrected chi connectivity index (χ4v) is 1.54. The fraction of sp³-hybridized carbons (Fsp3) is 0.286. The second kappa shape index (κ2) is 7.90. The summed E-state index contributed by atoms with van der Waals surface area (Å²) in [6.45, 7) is 0.364. The lowest BCUT2D eigenvalue weighted by Gasteiger charge is -2.16. The molecule has 1 amide bonds. The van der Waals surface area contributed by atoms with Crippen molar-refractivity contribution in [3.05, 3.63) is 30.3 Å². The number of nitrogens with zero attached hydrogens (tertiary/aromatic N) is 1. The predicted molar refractivity (Wildman–Crippen MR) is 72.6 cm³/mol. The van der Waals surface area contributed by atoms with Crippen molar-refractivity contribution >= 4 is 17.6 Å². The number of nitrogens with one attached hydrogen (secondary N) is 1. The van der Waals surface area contributed by atoms with Gasteiger partial charge in [0, 0.05) is 18.7 Å². The second-order valence-electron chi connectivity index (χ2n) is 3.97. The van der Waals surface area contributed by atoms with Gasteiger partial charge in [-0.25, -0.2) is 0 Å². The van der Waals surface area contributed by atoms with Crippen LogP contribution in [0.4, 0.5) is 5.69 Å². The Kier molecular flexibility index (Phi) is 6.13. The molecule has 19 heavy (non-hydrogen) atoms. The van der Waals surface area contributed by atoms with Gasteiger partial charge in [0.25, 0.3) is 0 Å². The van der Waals surface area contributed by atoms with E-state index in [-0.39, 0.29) is 25.4 Å². The molecule has 0 saturated heterocycles. The van der Waals surface area contributed by atoms with Crippen molar-refractivity contribution in [2.75, 3.05) is 25.0 Å². The van der Waals surface area contributed by atoms with E-state index in [0.717, 1.165) is 0 Å². The third-order valence-corrected chi connectivity index (χ3v) is 2.39. The number of carbonyl (C=O) groups is 2. The monoisotopic (exact) mass is 260 g/mol. The number of carboxylic acids is 1. The maximum absolute atomic E-state index is 11.7. The Labute approximate surface area is 112 Å². The van der Waals surface area contributed by atoms with Crippen molar-refractivity contribution in [3.8, 4) is 12.3 Å². The van der Waals surface area contributed by atoms with Crippen LogP contribution in [-0.4, -0.2) is 41.5 Å². The van der Waals surface area contributed by atoms with Crippen LogP contribution >= 0.6 is 0 Å². The molecule has 1 aromatic carbocycles. The van der Waals surface area contributed by atoms with Crippen LogP contribution in [0.2, 0.25) is 0 Å². The quantitative estimate of drug-likeness (QED) is 0.719. The van der Waals surface area contributed by atoms with Gasteiger partial charge in [-0.05, 0) is 12.1 Å². The summed E-state index contributed by atoms with van der Waals surface area (Å²) < 4.78 is 0. The molecule has 1 aromatic rings. The van der Waals surface area contributed by atoms with Crippen LogP contribution in [0.15, 0.2) is 30.3 Å². The molecule has 0 atom stereocenters. The number of hydrogen-bond donors (Lipinski definition) is 2. The zero-order chi connectivity index (χ0) is 14.1. The van der Waals surface area contributed by atoms with Gasteiger partial charge in [0.2, 0.25) is 5.91 Å². The fourth-order valence-electron chi connectivity index (χ4n) is 1.54. The Morgan fingerprint density at radius 1 is 1.32 bits per heavy atom. The number of anilines is 1. The standard InChI is InChI=1S/C14H16N2O3/c1-2-9-16(11-14(18)19)10-8-13(17)15-12-6-4-3-5-7-12/h1,3-7H,8-11H2,(H,15,17)(H,18,19). The summed E-state index contributed by atoms with van der Waals surface area (Å²) in [6.07, 6.45) is 5.35. The predicted octanol–water partition coefficient (Wildman–Crippen LogP) is 1.04. The molecule has 0 heterocycles. The second-order valence-corrected chi connectivity index (χ2v) is 3.97. The largest absolute Gasteiger partial charge is 0.480 e.